The molecule has 1 aromatic carbocycles. The zero-order chi connectivity index (χ0) is 14.7. The summed E-state index contributed by atoms with van der Waals surface area (Å²) >= 11 is 0. The third kappa shape index (κ3) is 3.69. The monoisotopic (exact) mass is 290 g/mol. The van der Waals surface area contributed by atoms with Gasteiger partial charge in [0, 0.05) is 24.7 Å². The topological polar surface area (TPSA) is 23.6 Å². The molecule has 0 aliphatic carbocycles. The Bertz CT molecular complexity index is 482. The maximum absolute atomic E-state index is 12.9. The quantitative estimate of drug-likeness (QED) is 0.796. The molecular formula is C17H23FN2O. The zero-order valence-corrected chi connectivity index (χ0v) is 12.4. The Morgan fingerprint density at radius 1 is 1.10 bits per heavy atom. The second-order valence-electron chi connectivity index (χ2n) is 6.20. The summed E-state index contributed by atoms with van der Waals surface area (Å²) in [6.07, 6.45) is 5.14. The minimum atomic E-state index is -0.294. The minimum Gasteiger partial charge on any atom is -0.299 e. The summed E-state index contributed by atoms with van der Waals surface area (Å²) < 4.78 is 12.9. The molecule has 2 fully saturated rings. The predicted molar refractivity (Wildman–Crippen MR) is 81.0 cm³/mol. The summed E-state index contributed by atoms with van der Waals surface area (Å²) in [5.41, 5.74) is 0.609. The van der Waals surface area contributed by atoms with Crippen LogP contribution in [0.4, 0.5) is 4.39 Å². The fraction of sp³-hybridized carbons (Fsp3) is 0.588. The maximum Gasteiger partial charge on any atom is 0.176 e. The molecule has 0 saturated carbocycles. The lowest BCUT2D eigenvalue weighted by Gasteiger charge is -2.32. The molecule has 2 aliphatic rings. The van der Waals surface area contributed by atoms with Gasteiger partial charge in [-0.3, -0.25) is 14.6 Å². The van der Waals surface area contributed by atoms with Crippen LogP contribution in [-0.2, 0) is 0 Å². The van der Waals surface area contributed by atoms with Crippen LogP contribution in [0.3, 0.4) is 0 Å². The third-order valence-corrected chi connectivity index (χ3v) is 4.69. The van der Waals surface area contributed by atoms with Crippen molar-refractivity contribution in [1.82, 2.24) is 9.80 Å². The number of Topliss-reactive ketones (excluding diaryl/α,β-unsaturated/α-hetero) is 1. The molecule has 3 rings (SSSR count). The highest BCUT2D eigenvalue weighted by atomic mass is 19.1. The van der Waals surface area contributed by atoms with Crippen LogP contribution in [0.1, 0.15) is 36.0 Å². The van der Waals surface area contributed by atoms with E-state index >= 15 is 0 Å². The smallest absolute Gasteiger partial charge is 0.176 e. The van der Waals surface area contributed by atoms with Crippen molar-refractivity contribution >= 4 is 5.78 Å². The van der Waals surface area contributed by atoms with Crippen LogP contribution >= 0.6 is 0 Å². The lowest BCUT2D eigenvalue weighted by Crippen LogP contribution is -2.41. The molecule has 0 N–H and O–H groups in total. The normalized spacial score (nSPS) is 24.3. The first kappa shape index (κ1) is 14.7. The van der Waals surface area contributed by atoms with Gasteiger partial charge in [0.1, 0.15) is 5.82 Å². The van der Waals surface area contributed by atoms with Crippen LogP contribution in [-0.4, -0.2) is 54.3 Å². The molecule has 0 bridgehead atoms. The first-order chi connectivity index (χ1) is 10.2. The van der Waals surface area contributed by atoms with Crippen molar-refractivity contribution in [3.8, 4) is 0 Å². The minimum absolute atomic E-state index is 0.0919. The van der Waals surface area contributed by atoms with Crippen molar-refractivity contribution in [2.75, 3.05) is 32.7 Å². The standard InChI is InChI=1S/C17H23FN2O/c18-15-6-4-14(5-7-15)17(21)13-19-11-8-16(12-19)20-9-2-1-3-10-20/h4-7,16H,1-3,8-13H2. The molecule has 0 spiro atoms. The molecule has 1 atom stereocenters. The van der Waals surface area contributed by atoms with Crippen molar-refractivity contribution in [3.05, 3.63) is 35.6 Å². The fourth-order valence-electron chi connectivity index (χ4n) is 3.47. The molecule has 0 radical (unpaired) electrons. The Morgan fingerprint density at radius 3 is 2.52 bits per heavy atom. The molecule has 1 aromatic rings. The van der Waals surface area contributed by atoms with Crippen molar-refractivity contribution in [2.45, 2.75) is 31.7 Å². The molecular weight excluding hydrogens is 267 g/mol. The van der Waals surface area contributed by atoms with E-state index in [1.54, 1.807) is 12.1 Å². The number of carbonyl (C=O) groups is 1. The number of nitrogens with zero attached hydrogens (tertiary/aromatic N) is 2. The number of likely N-dealkylation sites (tertiary alicyclic amines) is 2. The lowest BCUT2D eigenvalue weighted by molar-refractivity contribution is 0.0936. The second-order valence-corrected chi connectivity index (χ2v) is 6.20. The van der Waals surface area contributed by atoms with E-state index in [2.05, 4.69) is 9.80 Å². The van der Waals surface area contributed by atoms with E-state index in [9.17, 15) is 9.18 Å². The summed E-state index contributed by atoms with van der Waals surface area (Å²) in [6, 6.07) is 6.49. The van der Waals surface area contributed by atoms with E-state index in [1.165, 1.54) is 44.5 Å². The highest BCUT2D eigenvalue weighted by molar-refractivity contribution is 5.97. The summed E-state index contributed by atoms with van der Waals surface area (Å²) in [6.45, 7) is 4.87. The van der Waals surface area contributed by atoms with Gasteiger partial charge in [0.2, 0.25) is 0 Å². The molecule has 2 heterocycles. The summed E-state index contributed by atoms with van der Waals surface area (Å²) in [5.74, 6) is -0.202. The number of ketones is 1. The second kappa shape index (κ2) is 6.67. The van der Waals surface area contributed by atoms with Crippen molar-refractivity contribution in [1.29, 1.82) is 0 Å². The number of hydrogen-bond donors (Lipinski definition) is 0. The number of hydrogen-bond acceptors (Lipinski definition) is 3. The Labute approximate surface area is 125 Å². The molecule has 2 aliphatic heterocycles. The summed E-state index contributed by atoms with van der Waals surface area (Å²) in [7, 11) is 0. The van der Waals surface area contributed by atoms with Crippen molar-refractivity contribution < 1.29 is 9.18 Å². The maximum atomic E-state index is 12.9. The number of halogens is 1. The SMILES string of the molecule is O=C(CN1CCC(N2CCCCC2)C1)c1ccc(F)cc1. The van der Waals surface area contributed by atoms with Crippen molar-refractivity contribution in [2.24, 2.45) is 0 Å². The van der Waals surface area contributed by atoms with Gasteiger partial charge in [0.05, 0.1) is 6.54 Å². The van der Waals surface area contributed by atoms with Crippen LogP contribution in [0.5, 0.6) is 0 Å². The highest BCUT2D eigenvalue weighted by Crippen LogP contribution is 2.20. The lowest BCUT2D eigenvalue weighted by atomic mass is 10.1. The number of piperidine rings is 1. The van der Waals surface area contributed by atoms with Gasteiger partial charge in [-0.15, -0.1) is 0 Å². The van der Waals surface area contributed by atoms with Gasteiger partial charge in [-0.05, 0) is 56.6 Å². The van der Waals surface area contributed by atoms with Gasteiger partial charge in [-0.1, -0.05) is 6.42 Å². The molecule has 3 nitrogen and oxygen atoms in total. The molecule has 4 heteroatoms. The number of benzene rings is 1. The van der Waals surface area contributed by atoms with Crippen LogP contribution in [0.15, 0.2) is 24.3 Å². The van der Waals surface area contributed by atoms with Gasteiger partial charge in [0.15, 0.2) is 5.78 Å². The fourth-order valence-corrected chi connectivity index (χ4v) is 3.47. The van der Waals surface area contributed by atoms with Gasteiger partial charge in [-0.2, -0.15) is 0 Å². The molecule has 1 unspecified atom stereocenters. The van der Waals surface area contributed by atoms with Crippen LogP contribution < -0.4 is 0 Å². The number of carbonyl (C=O) groups excluding carboxylic acids is 1. The van der Waals surface area contributed by atoms with E-state index < -0.39 is 0 Å². The van der Waals surface area contributed by atoms with Crippen LogP contribution in [0.2, 0.25) is 0 Å². The Kier molecular flexibility index (Phi) is 4.66. The third-order valence-electron chi connectivity index (χ3n) is 4.69. The van der Waals surface area contributed by atoms with E-state index in [4.69, 9.17) is 0 Å². The average Bonchev–Trinajstić information content (AvgIpc) is 2.97. The van der Waals surface area contributed by atoms with Gasteiger partial charge in [0.25, 0.3) is 0 Å². The molecule has 0 aromatic heterocycles. The number of rotatable bonds is 4. The van der Waals surface area contributed by atoms with E-state index in [0.29, 0.717) is 18.2 Å². The average molecular weight is 290 g/mol. The largest absolute Gasteiger partial charge is 0.299 e. The zero-order valence-electron chi connectivity index (χ0n) is 12.4. The van der Waals surface area contributed by atoms with Crippen molar-refractivity contribution in [3.63, 3.8) is 0 Å². The first-order valence-corrected chi connectivity index (χ1v) is 7.97. The Hall–Kier alpha value is -1.26. The van der Waals surface area contributed by atoms with E-state index in [-0.39, 0.29) is 11.6 Å². The summed E-state index contributed by atoms with van der Waals surface area (Å²) in [5, 5.41) is 0. The van der Waals surface area contributed by atoms with Gasteiger partial charge in [-0.25, -0.2) is 4.39 Å². The Morgan fingerprint density at radius 2 is 1.81 bits per heavy atom. The van der Waals surface area contributed by atoms with Gasteiger partial charge < -0.3 is 0 Å². The first-order valence-electron chi connectivity index (χ1n) is 7.97. The van der Waals surface area contributed by atoms with Crippen LogP contribution in [0.25, 0.3) is 0 Å². The molecule has 2 saturated heterocycles. The molecule has 21 heavy (non-hydrogen) atoms. The molecule has 0 amide bonds. The summed E-state index contributed by atoms with van der Waals surface area (Å²) in [4.78, 5) is 17.0. The highest BCUT2D eigenvalue weighted by Gasteiger charge is 2.29. The van der Waals surface area contributed by atoms with E-state index in [0.717, 1.165) is 19.5 Å². The van der Waals surface area contributed by atoms with Crippen LogP contribution in [0, 0.1) is 5.82 Å². The predicted octanol–water partition coefficient (Wildman–Crippen LogP) is 2.57. The van der Waals surface area contributed by atoms with Gasteiger partial charge >= 0.3 is 0 Å². The van der Waals surface area contributed by atoms with E-state index in [1.807, 2.05) is 0 Å². The Balaban J connectivity index is 1.52. The molecule has 114 valence electrons.